The average molecular weight is 382 g/mol. The van der Waals surface area contributed by atoms with Crippen molar-refractivity contribution in [1.29, 1.82) is 0 Å². The van der Waals surface area contributed by atoms with Crippen LogP contribution in [-0.4, -0.2) is 34.9 Å². The monoisotopic (exact) mass is 381 g/mol. The number of likely N-dealkylation sites (tertiary alicyclic amines) is 1. The molecule has 8 heteroatoms. The number of carbonyl (C=O) groups excluding carboxylic acids is 2. The van der Waals surface area contributed by atoms with E-state index in [-0.39, 0.29) is 15.7 Å². The Bertz CT molecular complexity index is 760. The zero-order chi connectivity index (χ0) is 18.0. The van der Waals surface area contributed by atoms with Gasteiger partial charge in [0.25, 0.3) is 11.8 Å². The van der Waals surface area contributed by atoms with Gasteiger partial charge in [0.05, 0.1) is 10.7 Å². The number of hydrogen-bond donors (Lipinski definition) is 1. The number of amides is 2. The Hall–Kier alpha value is -1.99. The topological polar surface area (TPSA) is 52.7 Å². The van der Waals surface area contributed by atoms with Crippen molar-refractivity contribution in [3.05, 3.63) is 40.8 Å². The minimum absolute atomic E-state index is 0.0101. The van der Waals surface area contributed by atoms with Crippen LogP contribution in [0.5, 0.6) is 0 Å². The number of hydrogen-bond acceptors (Lipinski definition) is 4. The molecule has 2 amide bonds. The van der Waals surface area contributed by atoms with Crippen LogP contribution in [0.25, 0.3) is 0 Å². The molecule has 2 saturated heterocycles. The molecule has 0 atom stereocenters. The Labute approximate surface area is 155 Å². The molecule has 0 saturated carbocycles. The summed E-state index contributed by atoms with van der Waals surface area (Å²) in [6.45, 7) is 1.60. The molecule has 1 N–H and O–H groups in total. The Balaban J connectivity index is 1.92. The van der Waals surface area contributed by atoms with E-state index >= 15 is 0 Å². The highest BCUT2D eigenvalue weighted by Crippen LogP contribution is 2.26. The standard InChI is InChI=1S/C17H17ClFN3O2S/c18-13-9-11(5-6-14(13)19)22-16(24)12(15(23)20-17(22)25)10-21-7-3-1-2-4-8-21/h5-6,9-10H,1-4,7-8H2,(H,20,23,25)/b12-10-. The zero-order valence-corrected chi connectivity index (χ0v) is 15.0. The molecule has 1 aromatic rings. The van der Waals surface area contributed by atoms with Crippen LogP contribution in [0, 0.1) is 5.82 Å². The SMILES string of the molecule is O=C1NC(=S)N(c2ccc(F)c(Cl)c2)C(=O)/C1=C\N1CCCCCC1. The maximum absolute atomic E-state index is 13.4. The first-order chi connectivity index (χ1) is 12.0. The largest absolute Gasteiger partial charge is 0.377 e. The van der Waals surface area contributed by atoms with Gasteiger partial charge in [-0.1, -0.05) is 24.4 Å². The highest BCUT2D eigenvalue weighted by Gasteiger charge is 2.35. The molecule has 2 aliphatic rings. The lowest BCUT2D eigenvalue weighted by Crippen LogP contribution is -2.54. The van der Waals surface area contributed by atoms with Crippen LogP contribution in [0.4, 0.5) is 10.1 Å². The van der Waals surface area contributed by atoms with Crippen LogP contribution < -0.4 is 10.2 Å². The second-order valence-electron chi connectivity index (χ2n) is 5.99. The second-order valence-corrected chi connectivity index (χ2v) is 6.79. The van der Waals surface area contributed by atoms with E-state index in [9.17, 15) is 14.0 Å². The minimum atomic E-state index is -0.592. The first-order valence-electron chi connectivity index (χ1n) is 8.08. The van der Waals surface area contributed by atoms with Gasteiger partial charge in [0.2, 0.25) is 0 Å². The van der Waals surface area contributed by atoms with Crippen molar-refractivity contribution in [1.82, 2.24) is 10.2 Å². The fraction of sp³-hybridized carbons (Fsp3) is 0.353. The highest BCUT2D eigenvalue weighted by molar-refractivity contribution is 7.80. The van der Waals surface area contributed by atoms with Crippen molar-refractivity contribution in [3.63, 3.8) is 0 Å². The van der Waals surface area contributed by atoms with Crippen LogP contribution in [0.2, 0.25) is 5.02 Å². The molecule has 0 bridgehead atoms. The van der Waals surface area contributed by atoms with Crippen molar-refractivity contribution < 1.29 is 14.0 Å². The van der Waals surface area contributed by atoms with Gasteiger partial charge in [0.1, 0.15) is 11.4 Å². The zero-order valence-electron chi connectivity index (χ0n) is 13.4. The predicted octanol–water partition coefficient (Wildman–Crippen LogP) is 2.99. The van der Waals surface area contributed by atoms with E-state index in [4.69, 9.17) is 23.8 Å². The predicted molar refractivity (Wildman–Crippen MR) is 97.8 cm³/mol. The smallest absolute Gasteiger partial charge is 0.271 e. The lowest BCUT2D eigenvalue weighted by Gasteiger charge is -2.30. The van der Waals surface area contributed by atoms with Gasteiger partial charge in [-0.15, -0.1) is 0 Å². The van der Waals surface area contributed by atoms with Gasteiger partial charge in [0.15, 0.2) is 5.11 Å². The van der Waals surface area contributed by atoms with Gasteiger partial charge in [-0.3, -0.25) is 19.8 Å². The molecule has 0 aromatic heterocycles. The normalized spacial score (nSPS) is 20.7. The third-order valence-electron chi connectivity index (χ3n) is 4.22. The molecule has 0 aliphatic carbocycles. The minimum Gasteiger partial charge on any atom is -0.377 e. The quantitative estimate of drug-likeness (QED) is 0.486. The summed E-state index contributed by atoms with van der Waals surface area (Å²) in [6.07, 6.45) is 5.93. The van der Waals surface area contributed by atoms with Crippen LogP contribution in [0.1, 0.15) is 25.7 Å². The second kappa shape index (κ2) is 7.49. The fourth-order valence-electron chi connectivity index (χ4n) is 2.91. The number of thiocarbonyl (C=S) groups is 1. The van der Waals surface area contributed by atoms with Gasteiger partial charge in [-0.2, -0.15) is 0 Å². The molecule has 0 radical (unpaired) electrons. The van der Waals surface area contributed by atoms with E-state index < -0.39 is 17.6 Å². The lowest BCUT2D eigenvalue weighted by molar-refractivity contribution is -0.122. The number of nitrogens with zero attached hydrogens (tertiary/aromatic N) is 2. The molecular weight excluding hydrogens is 365 g/mol. The number of anilines is 1. The van der Waals surface area contributed by atoms with Crippen molar-refractivity contribution in [2.45, 2.75) is 25.7 Å². The van der Waals surface area contributed by atoms with Crippen LogP contribution in [0.3, 0.4) is 0 Å². The van der Waals surface area contributed by atoms with Gasteiger partial charge in [-0.05, 0) is 43.3 Å². The highest BCUT2D eigenvalue weighted by atomic mass is 35.5. The summed E-state index contributed by atoms with van der Waals surface area (Å²) >= 11 is 10.9. The number of benzene rings is 1. The number of nitrogens with one attached hydrogen (secondary N) is 1. The van der Waals surface area contributed by atoms with E-state index in [2.05, 4.69) is 5.32 Å². The number of halogens is 2. The Morgan fingerprint density at radius 2 is 1.84 bits per heavy atom. The fourth-order valence-corrected chi connectivity index (χ4v) is 3.37. The molecule has 2 fully saturated rings. The van der Waals surface area contributed by atoms with Crippen molar-refractivity contribution in [2.75, 3.05) is 18.0 Å². The Morgan fingerprint density at radius 1 is 1.16 bits per heavy atom. The molecule has 2 aliphatic heterocycles. The first-order valence-corrected chi connectivity index (χ1v) is 8.86. The van der Waals surface area contributed by atoms with E-state index in [0.717, 1.165) is 49.7 Å². The average Bonchev–Trinajstić information content (AvgIpc) is 2.83. The molecular formula is C17H17ClFN3O2S. The number of carbonyl (C=O) groups is 2. The summed E-state index contributed by atoms with van der Waals surface area (Å²) in [5.74, 6) is -1.66. The van der Waals surface area contributed by atoms with E-state index in [0.29, 0.717) is 5.69 Å². The molecule has 25 heavy (non-hydrogen) atoms. The third-order valence-corrected chi connectivity index (χ3v) is 4.79. The van der Waals surface area contributed by atoms with E-state index in [1.807, 2.05) is 4.90 Å². The first kappa shape index (κ1) is 17.8. The lowest BCUT2D eigenvalue weighted by atomic mass is 10.1. The maximum Gasteiger partial charge on any atom is 0.271 e. The summed E-state index contributed by atoms with van der Waals surface area (Å²) < 4.78 is 13.4. The summed E-state index contributed by atoms with van der Waals surface area (Å²) in [6, 6.07) is 3.86. The Morgan fingerprint density at radius 3 is 2.48 bits per heavy atom. The summed E-state index contributed by atoms with van der Waals surface area (Å²) in [5.41, 5.74) is 0.319. The summed E-state index contributed by atoms with van der Waals surface area (Å²) in [5, 5.41) is 2.34. The van der Waals surface area contributed by atoms with E-state index in [1.165, 1.54) is 12.1 Å². The van der Waals surface area contributed by atoms with Crippen LogP contribution in [-0.2, 0) is 9.59 Å². The third kappa shape index (κ3) is 3.82. The molecule has 5 nitrogen and oxygen atoms in total. The summed E-state index contributed by atoms with van der Waals surface area (Å²) in [7, 11) is 0. The molecule has 0 unspecified atom stereocenters. The van der Waals surface area contributed by atoms with Gasteiger partial charge >= 0.3 is 0 Å². The number of rotatable bonds is 2. The molecule has 132 valence electrons. The molecule has 1 aromatic carbocycles. The van der Waals surface area contributed by atoms with Crippen molar-refractivity contribution >= 4 is 46.4 Å². The van der Waals surface area contributed by atoms with Gasteiger partial charge < -0.3 is 4.90 Å². The maximum atomic E-state index is 13.4. The van der Waals surface area contributed by atoms with Gasteiger partial charge in [-0.25, -0.2) is 4.39 Å². The molecule has 2 heterocycles. The molecule has 3 rings (SSSR count). The Kier molecular flexibility index (Phi) is 5.34. The van der Waals surface area contributed by atoms with Crippen molar-refractivity contribution in [2.24, 2.45) is 0 Å². The van der Waals surface area contributed by atoms with Crippen LogP contribution >= 0.6 is 23.8 Å². The summed E-state index contributed by atoms with van der Waals surface area (Å²) in [4.78, 5) is 28.2. The molecule has 0 spiro atoms. The van der Waals surface area contributed by atoms with Crippen LogP contribution in [0.15, 0.2) is 30.0 Å². The van der Waals surface area contributed by atoms with Gasteiger partial charge in [0, 0.05) is 19.3 Å². The van der Waals surface area contributed by atoms with Crippen molar-refractivity contribution in [3.8, 4) is 0 Å². The van der Waals surface area contributed by atoms with E-state index in [1.54, 1.807) is 6.20 Å².